The van der Waals surface area contributed by atoms with Crippen LogP contribution in [0.4, 0.5) is 0 Å². The Morgan fingerprint density at radius 3 is 2.57 bits per heavy atom. The standard InChI is InChI=1S/C21H28N4O2.ClH/c1-24-14-17(11-23-24)18-12-22-13-19(18)21(27)25-9-7-16(8-10-25)20(26)15-5-3-2-4-6-15;/h2-6,11,14,16,18-20,22,26H,7-10,12-13H2,1H3;1H/t18-,19+,20?;/m1./s1. The van der Waals surface area contributed by atoms with Crippen LogP contribution in [0, 0.1) is 11.8 Å². The number of aryl methyl sites for hydroxylation is 1. The number of piperidine rings is 1. The lowest BCUT2D eigenvalue weighted by molar-refractivity contribution is -0.137. The van der Waals surface area contributed by atoms with Crippen LogP contribution >= 0.6 is 12.4 Å². The van der Waals surface area contributed by atoms with E-state index in [-0.39, 0.29) is 36.1 Å². The van der Waals surface area contributed by atoms with Gasteiger partial charge in [0.2, 0.25) is 5.91 Å². The van der Waals surface area contributed by atoms with Crippen molar-refractivity contribution in [1.29, 1.82) is 0 Å². The van der Waals surface area contributed by atoms with E-state index in [2.05, 4.69) is 10.4 Å². The third-order valence-electron chi connectivity index (χ3n) is 6.12. The molecule has 6 nitrogen and oxygen atoms in total. The number of halogens is 1. The molecule has 3 atom stereocenters. The zero-order chi connectivity index (χ0) is 18.8. The third-order valence-corrected chi connectivity index (χ3v) is 6.12. The van der Waals surface area contributed by atoms with E-state index >= 15 is 0 Å². The van der Waals surface area contributed by atoms with Crippen LogP contribution in [-0.4, -0.2) is 51.9 Å². The maximum Gasteiger partial charge on any atom is 0.227 e. The largest absolute Gasteiger partial charge is 0.388 e. The van der Waals surface area contributed by atoms with Crippen molar-refractivity contribution in [3.63, 3.8) is 0 Å². The van der Waals surface area contributed by atoms with Crippen molar-refractivity contribution in [3.8, 4) is 0 Å². The number of carbonyl (C=O) groups excluding carboxylic acids is 1. The summed E-state index contributed by atoms with van der Waals surface area (Å²) in [5, 5.41) is 18.3. The summed E-state index contributed by atoms with van der Waals surface area (Å²) in [7, 11) is 1.91. The van der Waals surface area contributed by atoms with Gasteiger partial charge in [0.25, 0.3) is 0 Å². The van der Waals surface area contributed by atoms with E-state index in [0.29, 0.717) is 0 Å². The molecule has 152 valence electrons. The Labute approximate surface area is 172 Å². The van der Waals surface area contributed by atoms with Gasteiger partial charge in [-0.25, -0.2) is 0 Å². The minimum atomic E-state index is -0.445. The van der Waals surface area contributed by atoms with E-state index in [1.807, 2.05) is 54.7 Å². The highest BCUT2D eigenvalue weighted by atomic mass is 35.5. The van der Waals surface area contributed by atoms with Crippen molar-refractivity contribution >= 4 is 18.3 Å². The fraction of sp³-hybridized carbons (Fsp3) is 0.524. The Morgan fingerprint density at radius 2 is 1.93 bits per heavy atom. The zero-order valence-electron chi connectivity index (χ0n) is 16.2. The van der Waals surface area contributed by atoms with E-state index in [1.54, 1.807) is 4.68 Å². The van der Waals surface area contributed by atoms with Crippen LogP contribution in [0.5, 0.6) is 0 Å². The van der Waals surface area contributed by atoms with Crippen molar-refractivity contribution in [2.24, 2.45) is 18.9 Å². The summed E-state index contributed by atoms with van der Waals surface area (Å²) < 4.78 is 1.80. The van der Waals surface area contributed by atoms with Gasteiger partial charge in [-0.3, -0.25) is 9.48 Å². The van der Waals surface area contributed by atoms with Gasteiger partial charge in [0.05, 0.1) is 18.2 Å². The van der Waals surface area contributed by atoms with Crippen molar-refractivity contribution in [1.82, 2.24) is 20.0 Å². The molecule has 0 radical (unpaired) electrons. The lowest BCUT2D eigenvalue weighted by atomic mass is 9.85. The molecule has 1 amide bonds. The number of amides is 1. The molecule has 7 heteroatoms. The van der Waals surface area contributed by atoms with E-state index < -0.39 is 6.10 Å². The quantitative estimate of drug-likeness (QED) is 0.818. The number of aliphatic hydroxyl groups excluding tert-OH is 1. The van der Waals surface area contributed by atoms with E-state index in [9.17, 15) is 9.90 Å². The van der Waals surface area contributed by atoms with E-state index in [0.717, 1.165) is 50.1 Å². The highest BCUT2D eigenvalue weighted by molar-refractivity contribution is 5.85. The van der Waals surface area contributed by atoms with Gasteiger partial charge >= 0.3 is 0 Å². The first-order valence-corrected chi connectivity index (χ1v) is 9.84. The Hall–Kier alpha value is -1.89. The molecule has 2 aliphatic rings. The second-order valence-electron chi connectivity index (χ2n) is 7.84. The van der Waals surface area contributed by atoms with E-state index in [4.69, 9.17) is 0 Å². The number of aromatic nitrogens is 2. The topological polar surface area (TPSA) is 70.4 Å². The summed E-state index contributed by atoms with van der Waals surface area (Å²) in [6.07, 6.45) is 5.14. The number of likely N-dealkylation sites (tertiary alicyclic amines) is 1. The molecule has 2 aromatic rings. The molecule has 0 saturated carbocycles. The predicted molar refractivity (Wildman–Crippen MR) is 110 cm³/mol. The fourth-order valence-electron chi connectivity index (χ4n) is 4.51. The summed E-state index contributed by atoms with van der Waals surface area (Å²) in [5.74, 6) is 0.623. The van der Waals surface area contributed by atoms with Crippen molar-refractivity contribution in [3.05, 3.63) is 53.9 Å². The van der Waals surface area contributed by atoms with Crippen LogP contribution in [0.25, 0.3) is 0 Å². The fourth-order valence-corrected chi connectivity index (χ4v) is 4.51. The van der Waals surface area contributed by atoms with Gasteiger partial charge in [0.15, 0.2) is 0 Å². The second kappa shape index (κ2) is 9.07. The predicted octanol–water partition coefficient (Wildman–Crippen LogP) is 2.12. The number of hydrogen-bond donors (Lipinski definition) is 2. The molecule has 0 aliphatic carbocycles. The molecule has 1 aromatic carbocycles. The van der Waals surface area contributed by atoms with Gasteiger partial charge in [0.1, 0.15) is 0 Å². The molecule has 2 N–H and O–H groups in total. The summed E-state index contributed by atoms with van der Waals surface area (Å²) in [4.78, 5) is 15.1. The lowest BCUT2D eigenvalue weighted by Crippen LogP contribution is -2.44. The SMILES string of the molecule is Cl.Cn1cc([C@H]2CNC[C@@H]2C(=O)N2CCC(C(O)c3ccccc3)CC2)cn1. The lowest BCUT2D eigenvalue weighted by Gasteiger charge is -2.36. The normalized spacial score (nSPS) is 24.0. The van der Waals surface area contributed by atoms with Gasteiger partial charge in [-0.05, 0) is 29.9 Å². The molecule has 0 spiro atoms. The number of nitrogens with one attached hydrogen (secondary N) is 1. The summed E-state index contributed by atoms with van der Waals surface area (Å²) in [6.45, 7) is 3.00. The highest BCUT2D eigenvalue weighted by Gasteiger charge is 2.38. The molecule has 4 rings (SSSR count). The van der Waals surface area contributed by atoms with Crippen LogP contribution in [-0.2, 0) is 11.8 Å². The maximum absolute atomic E-state index is 13.1. The van der Waals surface area contributed by atoms with Crippen LogP contribution in [0.3, 0.4) is 0 Å². The highest BCUT2D eigenvalue weighted by Crippen LogP contribution is 2.33. The number of benzene rings is 1. The average molecular weight is 405 g/mol. The minimum absolute atomic E-state index is 0. The van der Waals surface area contributed by atoms with Crippen molar-refractivity contribution < 1.29 is 9.90 Å². The number of aliphatic hydroxyl groups is 1. The molecular formula is C21H29ClN4O2. The zero-order valence-corrected chi connectivity index (χ0v) is 17.0. The third kappa shape index (κ3) is 4.24. The van der Waals surface area contributed by atoms with Crippen molar-refractivity contribution in [2.75, 3.05) is 26.2 Å². The number of nitrogens with zero attached hydrogens (tertiary/aromatic N) is 3. The summed E-state index contributed by atoms with van der Waals surface area (Å²) >= 11 is 0. The molecule has 1 aromatic heterocycles. The van der Waals surface area contributed by atoms with Crippen LogP contribution < -0.4 is 5.32 Å². The Morgan fingerprint density at radius 1 is 1.21 bits per heavy atom. The van der Waals surface area contributed by atoms with Gasteiger partial charge in [-0.1, -0.05) is 30.3 Å². The van der Waals surface area contributed by atoms with Crippen LogP contribution in [0.2, 0.25) is 0 Å². The Bertz CT molecular complexity index is 774. The van der Waals surface area contributed by atoms with Gasteiger partial charge in [-0.2, -0.15) is 5.10 Å². The van der Waals surface area contributed by atoms with Crippen LogP contribution in [0.1, 0.15) is 36.0 Å². The summed E-state index contributed by atoms with van der Waals surface area (Å²) in [6, 6.07) is 9.84. The molecule has 0 bridgehead atoms. The average Bonchev–Trinajstić information content (AvgIpc) is 3.36. The van der Waals surface area contributed by atoms with Crippen molar-refractivity contribution in [2.45, 2.75) is 24.9 Å². The summed E-state index contributed by atoms with van der Waals surface area (Å²) in [5.41, 5.74) is 2.11. The first-order chi connectivity index (χ1) is 13.1. The van der Waals surface area contributed by atoms with Gasteiger partial charge < -0.3 is 15.3 Å². The van der Waals surface area contributed by atoms with E-state index in [1.165, 1.54) is 0 Å². The monoisotopic (exact) mass is 404 g/mol. The smallest absolute Gasteiger partial charge is 0.227 e. The minimum Gasteiger partial charge on any atom is -0.388 e. The number of rotatable bonds is 4. The molecule has 1 unspecified atom stereocenters. The molecule has 3 heterocycles. The van der Waals surface area contributed by atoms with Gasteiger partial charge in [-0.15, -0.1) is 12.4 Å². The molecule has 2 saturated heterocycles. The molecule has 2 fully saturated rings. The van der Waals surface area contributed by atoms with Crippen LogP contribution in [0.15, 0.2) is 42.7 Å². The maximum atomic E-state index is 13.1. The van der Waals surface area contributed by atoms with Gasteiger partial charge in [0, 0.05) is 45.3 Å². The first-order valence-electron chi connectivity index (χ1n) is 9.84. The second-order valence-corrected chi connectivity index (χ2v) is 7.84. The number of hydrogen-bond acceptors (Lipinski definition) is 4. The molecular weight excluding hydrogens is 376 g/mol. The Balaban J connectivity index is 0.00000225. The molecule has 2 aliphatic heterocycles. The molecule has 28 heavy (non-hydrogen) atoms. The first kappa shape index (κ1) is 20.8. The Kier molecular flexibility index (Phi) is 6.75. The number of carbonyl (C=O) groups is 1.